The first kappa shape index (κ1) is 14.6. The van der Waals surface area contributed by atoms with Gasteiger partial charge in [0.25, 0.3) is 0 Å². The van der Waals surface area contributed by atoms with Gasteiger partial charge in [0, 0.05) is 15.4 Å². The summed E-state index contributed by atoms with van der Waals surface area (Å²) >= 11 is 1.78. The largest absolute Gasteiger partial charge is 0.229 e. The molecule has 96 valence electrons. The van der Waals surface area contributed by atoms with Crippen LogP contribution < -0.4 is 0 Å². The predicted molar refractivity (Wildman–Crippen MR) is 75.2 cm³/mol. The van der Waals surface area contributed by atoms with Crippen LogP contribution in [0.4, 0.5) is 0 Å². The van der Waals surface area contributed by atoms with E-state index in [4.69, 9.17) is 0 Å². The molecule has 0 unspecified atom stereocenters. The molecule has 0 spiro atoms. The van der Waals surface area contributed by atoms with Gasteiger partial charge in [0.1, 0.15) is 0 Å². The number of benzene rings is 1. The van der Waals surface area contributed by atoms with Crippen molar-refractivity contribution in [3.05, 3.63) is 29.8 Å². The van der Waals surface area contributed by atoms with Crippen LogP contribution >= 0.6 is 11.8 Å². The van der Waals surface area contributed by atoms with E-state index < -0.39 is 9.84 Å². The Kier molecular flexibility index (Phi) is 4.67. The molecule has 0 aliphatic rings. The van der Waals surface area contributed by atoms with Crippen LogP contribution in [0.1, 0.15) is 33.3 Å². The van der Waals surface area contributed by atoms with Crippen LogP contribution in [0, 0.1) is 0 Å². The van der Waals surface area contributed by atoms with Crippen LogP contribution in [-0.2, 0) is 15.6 Å². The van der Waals surface area contributed by atoms with Gasteiger partial charge in [-0.1, -0.05) is 39.8 Å². The first-order valence-electron chi connectivity index (χ1n) is 5.70. The zero-order valence-electron chi connectivity index (χ0n) is 10.9. The van der Waals surface area contributed by atoms with E-state index in [1.54, 1.807) is 18.7 Å². The number of rotatable bonds is 4. The van der Waals surface area contributed by atoms with Crippen molar-refractivity contribution < 1.29 is 8.42 Å². The molecule has 0 aliphatic heterocycles. The van der Waals surface area contributed by atoms with Crippen molar-refractivity contribution in [2.45, 2.75) is 43.1 Å². The molecule has 0 bridgehead atoms. The fourth-order valence-electron chi connectivity index (χ4n) is 1.36. The number of hydrogen-bond donors (Lipinski definition) is 0. The van der Waals surface area contributed by atoms with Crippen molar-refractivity contribution in [1.82, 2.24) is 0 Å². The van der Waals surface area contributed by atoms with Gasteiger partial charge in [-0.2, -0.15) is 0 Å². The topological polar surface area (TPSA) is 34.1 Å². The molecule has 1 rings (SSSR count). The molecule has 0 saturated carbocycles. The highest BCUT2D eigenvalue weighted by atomic mass is 32.2. The quantitative estimate of drug-likeness (QED) is 0.787. The molecule has 0 atom stereocenters. The van der Waals surface area contributed by atoms with Crippen molar-refractivity contribution in [2.24, 2.45) is 0 Å². The van der Waals surface area contributed by atoms with Crippen LogP contribution in [0.25, 0.3) is 0 Å². The van der Waals surface area contributed by atoms with Crippen molar-refractivity contribution in [3.8, 4) is 0 Å². The molecule has 0 N–H and O–H groups in total. The fraction of sp³-hybridized carbons (Fsp3) is 0.538. The molecule has 0 saturated heterocycles. The second kappa shape index (κ2) is 5.44. The van der Waals surface area contributed by atoms with Crippen LogP contribution in [0.5, 0.6) is 0 Å². The molecule has 0 aliphatic carbocycles. The summed E-state index contributed by atoms with van der Waals surface area (Å²) in [5, 5.41) is 0. The van der Waals surface area contributed by atoms with E-state index in [2.05, 4.69) is 20.8 Å². The normalized spacial score (nSPS) is 12.7. The lowest BCUT2D eigenvalue weighted by molar-refractivity contribution is 0.596. The molecular weight excluding hydrogens is 252 g/mol. The summed E-state index contributed by atoms with van der Waals surface area (Å²) in [6.07, 6.45) is 0. The third-order valence-corrected chi connectivity index (χ3v) is 4.95. The molecule has 0 heterocycles. The van der Waals surface area contributed by atoms with Gasteiger partial charge in [-0.05, 0) is 17.7 Å². The van der Waals surface area contributed by atoms with Gasteiger partial charge < -0.3 is 0 Å². The third-order valence-electron chi connectivity index (χ3n) is 2.17. The first-order chi connectivity index (χ1) is 7.72. The average molecular weight is 272 g/mol. The molecule has 0 amide bonds. The Morgan fingerprint density at radius 2 is 1.65 bits per heavy atom. The number of sulfone groups is 1. The molecule has 1 aromatic rings. The van der Waals surface area contributed by atoms with E-state index in [9.17, 15) is 8.42 Å². The highest BCUT2D eigenvalue weighted by Gasteiger charge is 2.13. The van der Waals surface area contributed by atoms with E-state index in [0.717, 1.165) is 5.56 Å². The molecule has 17 heavy (non-hydrogen) atoms. The van der Waals surface area contributed by atoms with Crippen LogP contribution in [-0.4, -0.2) is 18.9 Å². The van der Waals surface area contributed by atoms with Gasteiger partial charge in [0.2, 0.25) is 0 Å². The molecule has 2 nitrogen and oxygen atoms in total. The summed E-state index contributed by atoms with van der Waals surface area (Å²) in [6.45, 7) is 8.16. The number of hydrogen-bond acceptors (Lipinski definition) is 3. The second-order valence-electron chi connectivity index (χ2n) is 5.03. The SMILES string of the molecule is CCS(=O)(=O)Cc1ccc(SC(C)(C)C)cc1. The molecule has 0 fully saturated rings. The Balaban J connectivity index is 2.76. The second-order valence-corrected chi connectivity index (χ2v) is 9.29. The molecular formula is C13H20O2S2. The maximum atomic E-state index is 11.5. The van der Waals surface area contributed by atoms with Gasteiger partial charge in [-0.15, -0.1) is 11.8 Å². The highest BCUT2D eigenvalue weighted by molar-refractivity contribution is 8.00. The average Bonchev–Trinajstić information content (AvgIpc) is 2.19. The minimum absolute atomic E-state index is 0.143. The monoisotopic (exact) mass is 272 g/mol. The standard InChI is InChI=1S/C13H20O2S2/c1-5-17(14,15)10-11-6-8-12(9-7-11)16-13(2,3)4/h6-9H,5,10H2,1-4H3. The Hall–Kier alpha value is -0.480. The van der Waals surface area contributed by atoms with Crippen LogP contribution in [0.15, 0.2) is 29.2 Å². The van der Waals surface area contributed by atoms with E-state index >= 15 is 0 Å². The van der Waals surface area contributed by atoms with E-state index in [0.29, 0.717) is 0 Å². The summed E-state index contributed by atoms with van der Waals surface area (Å²) in [6, 6.07) is 7.80. The summed E-state index contributed by atoms with van der Waals surface area (Å²) in [5.74, 6) is 0.343. The smallest absolute Gasteiger partial charge is 0.154 e. The molecule has 1 aromatic carbocycles. The van der Waals surface area contributed by atoms with Gasteiger partial charge in [-0.25, -0.2) is 8.42 Å². The van der Waals surface area contributed by atoms with Crippen molar-refractivity contribution in [2.75, 3.05) is 5.75 Å². The molecule has 0 aromatic heterocycles. The van der Waals surface area contributed by atoms with E-state index in [1.807, 2.05) is 24.3 Å². The fourth-order valence-corrected chi connectivity index (χ4v) is 3.25. The Labute approximate surface area is 109 Å². The van der Waals surface area contributed by atoms with Crippen molar-refractivity contribution in [3.63, 3.8) is 0 Å². The minimum atomic E-state index is -2.93. The number of thioether (sulfide) groups is 1. The van der Waals surface area contributed by atoms with Crippen LogP contribution in [0.3, 0.4) is 0 Å². The lowest BCUT2D eigenvalue weighted by Gasteiger charge is -2.17. The highest BCUT2D eigenvalue weighted by Crippen LogP contribution is 2.31. The maximum absolute atomic E-state index is 11.5. The lowest BCUT2D eigenvalue weighted by atomic mass is 10.2. The lowest BCUT2D eigenvalue weighted by Crippen LogP contribution is -2.07. The van der Waals surface area contributed by atoms with Crippen molar-refractivity contribution >= 4 is 21.6 Å². The molecule has 4 heteroatoms. The van der Waals surface area contributed by atoms with Gasteiger partial charge >= 0.3 is 0 Å². The summed E-state index contributed by atoms with van der Waals surface area (Å²) in [4.78, 5) is 1.18. The zero-order valence-corrected chi connectivity index (χ0v) is 12.5. The van der Waals surface area contributed by atoms with Gasteiger partial charge in [0.15, 0.2) is 9.84 Å². The zero-order chi connectivity index (χ0) is 13.1. The van der Waals surface area contributed by atoms with Crippen molar-refractivity contribution in [1.29, 1.82) is 0 Å². The Bertz CT molecular complexity index is 453. The summed E-state index contributed by atoms with van der Waals surface area (Å²) in [5.41, 5.74) is 0.866. The summed E-state index contributed by atoms with van der Waals surface area (Å²) < 4.78 is 23.1. The van der Waals surface area contributed by atoms with E-state index in [1.165, 1.54) is 4.90 Å². The Morgan fingerprint density at radius 3 is 2.06 bits per heavy atom. The third kappa shape index (κ3) is 5.59. The maximum Gasteiger partial charge on any atom is 0.154 e. The van der Waals surface area contributed by atoms with Gasteiger partial charge in [0.05, 0.1) is 5.75 Å². The Morgan fingerprint density at radius 1 is 1.12 bits per heavy atom. The van der Waals surface area contributed by atoms with Gasteiger partial charge in [-0.3, -0.25) is 0 Å². The predicted octanol–water partition coefficient (Wildman–Crippen LogP) is 3.51. The summed E-state index contributed by atoms with van der Waals surface area (Å²) in [7, 11) is -2.93. The van der Waals surface area contributed by atoms with Crippen LogP contribution in [0.2, 0.25) is 0 Å². The minimum Gasteiger partial charge on any atom is -0.229 e. The molecule has 0 radical (unpaired) electrons. The van der Waals surface area contributed by atoms with E-state index in [-0.39, 0.29) is 16.3 Å². The first-order valence-corrected chi connectivity index (χ1v) is 8.34.